The Bertz CT molecular complexity index is 594. The highest BCUT2D eigenvalue weighted by atomic mass is 32.1. The Hall–Kier alpha value is -1.59. The molecular formula is C15H19NO3S. The lowest BCUT2D eigenvalue weighted by atomic mass is 10.2. The van der Waals surface area contributed by atoms with Gasteiger partial charge in [-0.25, -0.2) is 4.79 Å². The minimum atomic E-state index is -0.883. The lowest BCUT2D eigenvalue weighted by Crippen LogP contribution is -2.27. The maximum Gasteiger partial charge on any atom is 0.345 e. The third-order valence-electron chi connectivity index (χ3n) is 3.23. The molecule has 4 nitrogen and oxygen atoms in total. The van der Waals surface area contributed by atoms with E-state index < -0.39 is 5.97 Å². The lowest BCUT2D eigenvalue weighted by molar-refractivity contribution is 0.0702. The maximum absolute atomic E-state index is 11.0. The van der Waals surface area contributed by atoms with Crippen molar-refractivity contribution >= 4 is 33.1 Å². The molecule has 0 unspecified atom stereocenters. The van der Waals surface area contributed by atoms with Crippen molar-refractivity contribution in [2.75, 3.05) is 24.6 Å². The van der Waals surface area contributed by atoms with Crippen LogP contribution >= 0.6 is 11.3 Å². The highest BCUT2D eigenvalue weighted by Gasteiger charge is 2.11. The zero-order valence-corrected chi connectivity index (χ0v) is 12.3. The highest BCUT2D eigenvalue weighted by Crippen LogP contribution is 2.29. The van der Waals surface area contributed by atoms with Crippen LogP contribution in [-0.2, 0) is 0 Å². The summed E-state index contributed by atoms with van der Waals surface area (Å²) in [5.74, 6) is -0.883. The number of anilines is 1. The molecule has 20 heavy (non-hydrogen) atoms. The third-order valence-corrected chi connectivity index (χ3v) is 4.32. The van der Waals surface area contributed by atoms with E-state index in [4.69, 9.17) is 5.11 Å². The number of fused-ring (bicyclic) bond motifs is 1. The highest BCUT2D eigenvalue weighted by molar-refractivity contribution is 7.20. The van der Waals surface area contributed by atoms with Crippen LogP contribution in [0.15, 0.2) is 24.3 Å². The van der Waals surface area contributed by atoms with Crippen LogP contribution in [0.3, 0.4) is 0 Å². The maximum atomic E-state index is 11.0. The number of thiophene rings is 1. The number of benzene rings is 1. The number of unbranched alkanes of at least 4 members (excludes halogenated alkanes) is 1. The van der Waals surface area contributed by atoms with Crippen LogP contribution in [0.4, 0.5) is 5.69 Å². The Morgan fingerprint density at radius 1 is 1.30 bits per heavy atom. The Morgan fingerprint density at radius 3 is 2.75 bits per heavy atom. The standard InChI is InChI=1S/C15H19NO3S/c1-2-3-6-16(7-8-17)12-5-4-11-9-14(15(18)19)20-13(11)10-12/h4-5,9-10,17H,2-3,6-8H2,1H3,(H,18,19). The zero-order chi connectivity index (χ0) is 14.5. The van der Waals surface area contributed by atoms with Gasteiger partial charge in [-0.2, -0.15) is 0 Å². The largest absolute Gasteiger partial charge is 0.477 e. The molecule has 0 aliphatic heterocycles. The predicted octanol–water partition coefficient (Wildman–Crippen LogP) is 3.20. The Balaban J connectivity index is 2.30. The first kappa shape index (κ1) is 14.8. The first-order valence-electron chi connectivity index (χ1n) is 6.78. The van der Waals surface area contributed by atoms with Crippen LogP contribution in [0.1, 0.15) is 29.4 Å². The van der Waals surface area contributed by atoms with Gasteiger partial charge in [0.25, 0.3) is 0 Å². The summed E-state index contributed by atoms with van der Waals surface area (Å²) in [5.41, 5.74) is 1.04. The van der Waals surface area contributed by atoms with Gasteiger partial charge in [0.2, 0.25) is 0 Å². The van der Waals surface area contributed by atoms with Crippen molar-refractivity contribution in [3.8, 4) is 0 Å². The van der Waals surface area contributed by atoms with Gasteiger partial charge in [-0.05, 0) is 30.0 Å². The van der Waals surface area contributed by atoms with E-state index in [0.29, 0.717) is 11.4 Å². The van der Waals surface area contributed by atoms with Crippen LogP contribution < -0.4 is 4.90 Å². The Labute approximate surface area is 122 Å². The Kier molecular flexibility index (Phi) is 4.98. The number of nitrogens with zero attached hydrogens (tertiary/aromatic N) is 1. The molecule has 0 fully saturated rings. The van der Waals surface area contributed by atoms with Gasteiger partial charge < -0.3 is 15.1 Å². The van der Waals surface area contributed by atoms with Gasteiger partial charge in [0.1, 0.15) is 4.88 Å². The first-order valence-corrected chi connectivity index (χ1v) is 7.60. The number of aliphatic hydroxyl groups excluding tert-OH is 1. The predicted molar refractivity (Wildman–Crippen MR) is 83.0 cm³/mol. The molecule has 0 spiro atoms. The molecule has 0 saturated carbocycles. The smallest absolute Gasteiger partial charge is 0.345 e. The van der Waals surface area contributed by atoms with E-state index in [0.717, 1.165) is 35.2 Å². The minimum absolute atomic E-state index is 0.118. The number of carbonyl (C=O) groups is 1. The van der Waals surface area contributed by atoms with Gasteiger partial charge in [0.15, 0.2) is 0 Å². The second-order valence-electron chi connectivity index (χ2n) is 4.70. The number of hydrogen-bond donors (Lipinski definition) is 2. The van der Waals surface area contributed by atoms with Crippen LogP contribution in [0.2, 0.25) is 0 Å². The van der Waals surface area contributed by atoms with E-state index in [1.54, 1.807) is 6.07 Å². The molecule has 2 rings (SSSR count). The second-order valence-corrected chi connectivity index (χ2v) is 5.79. The third kappa shape index (κ3) is 3.29. The summed E-state index contributed by atoms with van der Waals surface area (Å²) in [5, 5.41) is 19.2. The van der Waals surface area contributed by atoms with Crippen molar-refractivity contribution < 1.29 is 15.0 Å². The van der Waals surface area contributed by atoms with Gasteiger partial charge in [-0.1, -0.05) is 19.4 Å². The van der Waals surface area contributed by atoms with E-state index in [1.165, 1.54) is 11.3 Å². The van der Waals surface area contributed by atoms with E-state index >= 15 is 0 Å². The van der Waals surface area contributed by atoms with E-state index in [1.807, 2.05) is 18.2 Å². The van der Waals surface area contributed by atoms with Crippen molar-refractivity contribution in [1.29, 1.82) is 0 Å². The summed E-state index contributed by atoms with van der Waals surface area (Å²) in [6, 6.07) is 7.65. The fourth-order valence-electron chi connectivity index (χ4n) is 2.16. The van der Waals surface area contributed by atoms with E-state index in [-0.39, 0.29) is 6.61 Å². The molecule has 0 amide bonds. The zero-order valence-electron chi connectivity index (χ0n) is 11.5. The number of carboxylic acid groups (broad SMARTS) is 1. The molecule has 0 radical (unpaired) electrons. The summed E-state index contributed by atoms with van der Waals surface area (Å²) >= 11 is 1.29. The van der Waals surface area contributed by atoms with Gasteiger partial charge in [0.05, 0.1) is 6.61 Å². The van der Waals surface area contributed by atoms with Crippen LogP contribution in [-0.4, -0.2) is 35.9 Å². The topological polar surface area (TPSA) is 60.8 Å². The molecule has 1 heterocycles. The van der Waals surface area contributed by atoms with Crippen LogP contribution in [0, 0.1) is 0 Å². The fourth-order valence-corrected chi connectivity index (χ4v) is 3.10. The summed E-state index contributed by atoms with van der Waals surface area (Å²) in [7, 11) is 0. The number of aliphatic hydroxyl groups is 1. The summed E-state index contributed by atoms with van der Waals surface area (Å²) in [4.78, 5) is 13.5. The molecule has 0 bridgehead atoms. The quantitative estimate of drug-likeness (QED) is 0.823. The molecule has 0 aliphatic carbocycles. The van der Waals surface area contributed by atoms with Gasteiger partial charge in [-0.3, -0.25) is 0 Å². The fraction of sp³-hybridized carbons (Fsp3) is 0.400. The minimum Gasteiger partial charge on any atom is -0.477 e. The number of hydrogen-bond acceptors (Lipinski definition) is 4. The molecule has 0 aliphatic rings. The van der Waals surface area contributed by atoms with Crippen molar-refractivity contribution in [2.24, 2.45) is 0 Å². The SMILES string of the molecule is CCCCN(CCO)c1ccc2cc(C(=O)O)sc2c1. The molecule has 5 heteroatoms. The van der Waals surface area contributed by atoms with Crippen molar-refractivity contribution in [3.63, 3.8) is 0 Å². The lowest BCUT2D eigenvalue weighted by Gasteiger charge is -2.23. The second kappa shape index (κ2) is 6.72. The molecule has 1 aromatic heterocycles. The monoisotopic (exact) mass is 293 g/mol. The summed E-state index contributed by atoms with van der Waals surface area (Å²) in [6.45, 7) is 3.76. The Morgan fingerprint density at radius 2 is 2.10 bits per heavy atom. The van der Waals surface area contributed by atoms with Gasteiger partial charge in [-0.15, -0.1) is 11.3 Å². The van der Waals surface area contributed by atoms with E-state index in [9.17, 15) is 9.90 Å². The molecule has 1 aromatic carbocycles. The first-order chi connectivity index (χ1) is 9.65. The molecule has 2 N–H and O–H groups in total. The number of rotatable bonds is 7. The normalized spacial score (nSPS) is 10.9. The van der Waals surface area contributed by atoms with Crippen molar-refractivity contribution in [1.82, 2.24) is 0 Å². The van der Waals surface area contributed by atoms with Crippen LogP contribution in [0.5, 0.6) is 0 Å². The van der Waals surface area contributed by atoms with Crippen molar-refractivity contribution in [3.05, 3.63) is 29.1 Å². The number of carboxylic acids is 1. The average molecular weight is 293 g/mol. The number of aromatic carboxylic acids is 1. The molecular weight excluding hydrogens is 274 g/mol. The molecule has 2 aromatic rings. The molecule has 0 saturated heterocycles. The van der Waals surface area contributed by atoms with Gasteiger partial charge >= 0.3 is 5.97 Å². The molecule has 0 atom stereocenters. The molecule has 108 valence electrons. The van der Waals surface area contributed by atoms with Crippen molar-refractivity contribution in [2.45, 2.75) is 19.8 Å². The van der Waals surface area contributed by atoms with Crippen LogP contribution in [0.25, 0.3) is 10.1 Å². The summed E-state index contributed by atoms with van der Waals surface area (Å²) < 4.78 is 0.972. The summed E-state index contributed by atoms with van der Waals surface area (Å²) in [6.07, 6.45) is 2.18. The van der Waals surface area contributed by atoms with E-state index in [2.05, 4.69) is 11.8 Å². The average Bonchev–Trinajstić information content (AvgIpc) is 2.86. The van der Waals surface area contributed by atoms with Gasteiger partial charge in [0, 0.05) is 23.5 Å².